The Labute approximate surface area is 130 Å². The van der Waals surface area contributed by atoms with E-state index in [1.807, 2.05) is 7.05 Å². The normalized spacial score (nSPS) is 19.5. The quantitative estimate of drug-likeness (QED) is 0.652. The monoisotopic (exact) mass is 327 g/mol. The fourth-order valence-corrected chi connectivity index (χ4v) is 4.49. The molecule has 7 nitrogen and oxygen atoms in total. The molecule has 1 aliphatic rings. The molecule has 1 fully saturated rings. The number of nitro groups is 1. The summed E-state index contributed by atoms with van der Waals surface area (Å²) in [5, 5.41) is 14.3. The van der Waals surface area contributed by atoms with Crippen LogP contribution in [0.2, 0.25) is 0 Å². The molecule has 0 aliphatic carbocycles. The Morgan fingerprint density at radius 1 is 1.36 bits per heavy atom. The van der Waals surface area contributed by atoms with Crippen molar-refractivity contribution in [1.29, 1.82) is 0 Å². The predicted octanol–water partition coefficient (Wildman–Crippen LogP) is 1.44. The summed E-state index contributed by atoms with van der Waals surface area (Å²) in [4.78, 5) is 10.4. The van der Waals surface area contributed by atoms with Gasteiger partial charge in [0, 0.05) is 19.2 Å². The van der Waals surface area contributed by atoms with Crippen LogP contribution in [-0.4, -0.2) is 44.3 Å². The number of nitro benzene ring substituents is 1. The average Bonchev–Trinajstić information content (AvgIpc) is 2.90. The summed E-state index contributed by atoms with van der Waals surface area (Å²) >= 11 is 0. The zero-order chi connectivity index (χ0) is 16.5. The van der Waals surface area contributed by atoms with Gasteiger partial charge in [-0.25, -0.2) is 8.42 Å². The minimum Gasteiger partial charge on any atom is -0.319 e. The number of hydrogen-bond acceptors (Lipinski definition) is 5. The highest BCUT2D eigenvalue weighted by Gasteiger charge is 2.36. The zero-order valence-corrected chi connectivity index (χ0v) is 13.8. The molecule has 2 rings (SSSR count). The fourth-order valence-electron chi connectivity index (χ4n) is 2.73. The average molecular weight is 327 g/mol. The first-order valence-corrected chi connectivity index (χ1v) is 8.61. The molecule has 1 N–H and O–H groups in total. The second-order valence-electron chi connectivity index (χ2n) is 5.74. The summed E-state index contributed by atoms with van der Waals surface area (Å²) in [5.74, 6) is 0.241. The van der Waals surface area contributed by atoms with Gasteiger partial charge in [0.2, 0.25) is 10.0 Å². The Hall–Kier alpha value is -1.51. The number of rotatable bonds is 5. The Balaban J connectivity index is 2.42. The minimum atomic E-state index is -3.84. The molecule has 1 aromatic rings. The van der Waals surface area contributed by atoms with E-state index in [-0.39, 0.29) is 16.5 Å². The molecule has 0 saturated carbocycles. The maximum Gasteiger partial charge on any atom is 0.289 e. The molecule has 8 heteroatoms. The third-order valence-electron chi connectivity index (χ3n) is 4.13. The van der Waals surface area contributed by atoms with Crippen LogP contribution in [0.5, 0.6) is 0 Å². The van der Waals surface area contributed by atoms with Crippen LogP contribution < -0.4 is 5.32 Å². The molecule has 22 heavy (non-hydrogen) atoms. The molecule has 0 radical (unpaired) electrons. The number of nitrogens with one attached hydrogen (secondary N) is 1. The number of nitrogens with zero attached hydrogens (tertiary/aromatic N) is 2. The molecule has 1 aliphatic heterocycles. The van der Waals surface area contributed by atoms with Crippen molar-refractivity contribution in [2.45, 2.75) is 25.2 Å². The third-order valence-corrected chi connectivity index (χ3v) is 6.03. The molecule has 1 atom stereocenters. The van der Waals surface area contributed by atoms with Gasteiger partial charge in [-0.15, -0.1) is 0 Å². The smallest absolute Gasteiger partial charge is 0.289 e. The molecule has 0 bridgehead atoms. The summed E-state index contributed by atoms with van der Waals surface area (Å²) in [6.45, 7) is 5.02. The fraction of sp³-hybridized carbons (Fsp3) is 0.571. The van der Waals surface area contributed by atoms with Gasteiger partial charge in [0.25, 0.3) is 5.69 Å². The lowest BCUT2D eigenvalue weighted by Crippen LogP contribution is -2.31. The molecule has 1 heterocycles. The highest BCUT2D eigenvalue weighted by molar-refractivity contribution is 7.89. The van der Waals surface area contributed by atoms with E-state index in [9.17, 15) is 18.5 Å². The van der Waals surface area contributed by atoms with E-state index in [0.29, 0.717) is 18.7 Å². The topological polar surface area (TPSA) is 92.6 Å². The third kappa shape index (κ3) is 3.13. The minimum absolute atomic E-state index is 0.203. The van der Waals surface area contributed by atoms with E-state index in [0.717, 1.165) is 18.5 Å². The maximum absolute atomic E-state index is 12.8. The van der Waals surface area contributed by atoms with Crippen LogP contribution in [0.3, 0.4) is 0 Å². The van der Waals surface area contributed by atoms with Crippen LogP contribution in [0.1, 0.15) is 17.5 Å². The van der Waals surface area contributed by atoms with E-state index in [4.69, 9.17) is 0 Å². The second-order valence-corrected chi connectivity index (χ2v) is 7.64. The van der Waals surface area contributed by atoms with Gasteiger partial charge in [-0.1, -0.05) is 0 Å². The van der Waals surface area contributed by atoms with Crippen LogP contribution in [0.15, 0.2) is 17.0 Å². The van der Waals surface area contributed by atoms with Crippen molar-refractivity contribution in [3.63, 3.8) is 0 Å². The van der Waals surface area contributed by atoms with Crippen molar-refractivity contribution in [3.05, 3.63) is 33.4 Å². The van der Waals surface area contributed by atoms with E-state index < -0.39 is 14.9 Å². The van der Waals surface area contributed by atoms with Gasteiger partial charge in [-0.2, -0.15) is 4.31 Å². The molecule has 1 saturated heterocycles. The van der Waals surface area contributed by atoms with Gasteiger partial charge in [0.05, 0.1) is 4.92 Å². The van der Waals surface area contributed by atoms with E-state index >= 15 is 0 Å². The van der Waals surface area contributed by atoms with E-state index in [2.05, 4.69) is 5.32 Å². The lowest BCUT2D eigenvalue weighted by molar-refractivity contribution is -0.387. The van der Waals surface area contributed by atoms with Gasteiger partial charge in [-0.3, -0.25) is 10.1 Å². The molecule has 1 unspecified atom stereocenters. The SMILES string of the molecule is CNCC1CCN(S(=O)(=O)c2cc(C)c(C)cc2[N+](=O)[O-])C1. The predicted molar refractivity (Wildman–Crippen MR) is 83.4 cm³/mol. The number of aryl methyl sites for hydroxylation is 2. The van der Waals surface area contributed by atoms with Crippen molar-refractivity contribution in [1.82, 2.24) is 9.62 Å². The van der Waals surface area contributed by atoms with Crippen LogP contribution >= 0.6 is 0 Å². The molecular formula is C14H21N3O4S. The van der Waals surface area contributed by atoms with Gasteiger partial charge < -0.3 is 5.32 Å². The highest BCUT2D eigenvalue weighted by Crippen LogP contribution is 2.32. The number of benzene rings is 1. The van der Waals surface area contributed by atoms with Crippen LogP contribution in [-0.2, 0) is 10.0 Å². The van der Waals surface area contributed by atoms with Crippen LogP contribution in [0.25, 0.3) is 0 Å². The van der Waals surface area contributed by atoms with Gasteiger partial charge >= 0.3 is 0 Å². The zero-order valence-electron chi connectivity index (χ0n) is 13.0. The Bertz CT molecular complexity index is 688. The number of hydrogen-bond donors (Lipinski definition) is 1. The summed E-state index contributed by atoms with van der Waals surface area (Å²) in [5.41, 5.74) is 1.09. The standard InChI is InChI=1S/C14H21N3O4S/c1-10-6-13(17(18)19)14(7-11(10)2)22(20,21)16-5-4-12(9-16)8-15-3/h6-7,12,15H,4-5,8-9H2,1-3H3. The summed E-state index contributed by atoms with van der Waals surface area (Å²) in [6.07, 6.45) is 0.763. The van der Waals surface area contributed by atoms with Crippen molar-refractivity contribution in [3.8, 4) is 0 Å². The van der Waals surface area contributed by atoms with Crippen molar-refractivity contribution < 1.29 is 13.3 Å². The van der Waals surface area contributed by atoms with Gasteiger partial charge in [0.1, 0.15) is 0 Å². The molecule has 1 aromatic carbocycles. The van der Waals surface area contributed by atoms with Crippen molar-refractivity contribution in [2.75, 3.05) is 26.7 Å². The Kier molecular flexibility index (Phi) is 4.84. The highest BCUT2D eigenvalue weighted by atomic mass is 32.2. The summed E-state index contributed by atoms with van der Waals surface area (Å²) < 4.78 is 26.9. The molecule has 122 valence electrons. The molecular weight excluding hydrogens is 306 g/mol. The first kappa shape index (κ1) is 16.9. The second kappa shape index (κ2) is 6.31. The van der Waals surface area contributed by atoms with Gasteiger partial charge in [0.15, 0.2) is 4.90 Å². The Morgan fingerprint density at radius 2 is 2.00 bits per heavy atom. The largest absolute Gasteiger partial charge is 0.319 e. The van der Waals surface area contributed by atoms with E-state index in [1.165, 1.54) is 16.4 Å². The van der Waals surface area contributed by atoms with Crippen LogP contribution in [0.4, 0.5) is 5.69 Å². The van der Waals surface area contributed by atoms with Crippen LogP contribution in [0, 0.1) is 29.9 Å². The summed E-state index contributed by atoms with van der Waals surface area (Å²) in [6, 6.07) is 2.75. The first-order valence-electron chi connectivity index (χ1n) is 7.17. The summed E-state index contributed by atoms with van der Waals surface area (Å²) in [7, 11) is -2.02. The Morgan fingerprint density at radius 3 is 2.59 bits per heavy atom. The lowest BCUT2D eigenvalue weighted by atomic mass is 10.1. The maximum atomic E-state index is 12.8. The van der Waals surface area contributed by atoms with E-state index in [1.54, 1.807) is 13.8 Å². The van der Waals surface area contributed by atoms with Gasteiger partial charge in [-0.05, 0) is 57.0 Å². The molecule has 0 amide bonds. The lowest BCUT2D eigenvalue weighted by Gasteiger charge is -2.17. The number of sulfonamides is 1. The van der Waals surface area contributed by atoms with Crippen molar-refractivity contribution >= 4 is 15.7 Å². The van der Waals surface area contributed by atoms with Crippen molar-refractivity contribution in [2.24, 2.45) is 5.92 Å². The molecule has 0 spiro atoms. The first-order chi connectivity index (χ1) is 10.3. The molecule has 0 aromatic heterocycles.